The second-order valence-electron chi connectivity index (χ2n) is 5.73. The summed E-state index contributed by atoms with van der Waals surface area (Å²) in [7, 11) is 3.83. The fraction of sp³-hybridized carbons (Fsp3) is 0.938. The number of unbranched alkanes of at least 4 members (excludes halogenated alkanes) is 2. The molecule has 0 spiro atoms. The Morgan fingerprint density at radius 2 is 2.00 bits per heavy atom. The zero-order chi connectivity index (χ0) is 15.3. The van der Waals surface area contributed by atoms with E-state index in [9.17, 15) is 0 Å². The lowest BCUT2D eigenvalue weighted by Gasteiger charge is -2.22. The van der Waals surface area contributed by atoms with Gasteiger partial charge in [0.2, 0.25) is 0 Å². The molecule has 1 aliphatic rings. The number of aliphatic imine (C=N–C) groups is 1. The normalized spacial score (nSPS) is 14.6. The third kappa shape index (κ3) is 11.5. The first kappa shape index (κ1) is 21.9. The first-order valence-corrected chi connectivity index (χ1v) is 8.34. The van der Waals surface area contributed by atoms with Crippen molar-refractivity contribution in [3.63, 3.8) is 0 Å². The molecule has 5 nitrogen and oxygen atoms in total. The molecule has 0 saturated heterocycles. The average molecular weight is 427 g/mol. The van der Waals surface area contributed by atoms with Gasteiger partial charge in [-0.1, -0.05) is 0 Å². The molecule has 0 aliphatic heterocycles. The Morgan fingerprint density at radius 3 is 2.64 bits per heavy atom. The minimum atomic E-state index is 0. The average Bonchev–Trinajstić information content (AvgIpc) is 3.30. The minimum absolute atomic E-state index is 0. The molecule has 0 aromatic heterocycles. The van der Waals surface area contributed by atoms with Crippen LogP contribution in [-0.4, -0.2) is 64.5 Å². The van der Waals surface area contributed by atoms with E-state index in [0.29, 0.717) is 0 Å². The molecular formula is C16H34IN3O2. The van der Waals surface area contributed by atoms with Crippen molar-refractivity contribution in [1.29, 1.82) is 0 Å². The van der Waals surface area contributed by atoms with Gasteiger partial charge in [0.15, 0.2) is 5.96 Å². The lowest BCUT2D eigenvalue weighted by molar-refractivity contribution is 0.115. The minimum Gasteiger partial charge on any atom is -0.385 e. The van der Waals surface area contributed by atoms with E-state index in [1.165, 1.54) is 19.3 Å². The van der Waals surface area contributed by atoms with Crippen LogP contribution in [0.3, 0.4) is 0 Å². The third-order valence-electron chi connectivity index (χ3n) is 3.59. The van der Waals surface area contributed by atoms with Gasteiger partial charge in [-0.15, -0.1) is 24.0 Å². The van der Waals surface area contributed by atoms with Crippen LogP contribution >= 0.6 is 24.0 Å². The lowest BCUT2D eigenvalue weighted by Crippen LogP contribution is -2.40. The van der Waals surface area contributed by atoms with Crippen LogP contribution in [0.2, 0.25) is 0 Å². The molecule has 0 aromatic carbocycles. The number of hydrogen-bond acceptors (Lipinski definition) is 3. The van der Waals surface area contributed by atoms with Gasteiger partial charge in [-0.25, -0.2) is 0 Å². The van der Waals surface area contributed by atoms with Gasteiger partial charge in [-0.05, 0) is 44.9 Å². The Bertz CT molecular complexity index is 287. The Labute approximate surface area is 153 Å². The highest BCUT2D eigenvalue weighted by atomic mass is 127. The van der Waals surface area contributed by atoms with Gasteiger partial charge in [0.1, 0.15) is 0 Å². The zero-order valence-corrected chi connectivity index (χ0v) is 16.8. The summed E-state index contributed by atoms with van der Waals surface area (Å²) >= 11 is 0. The van der Waals surface area contributed by atoms with Crippen molar-refractivity contribution >= 4 is 29.9 Å². The predicted molar refractivity (Wildman–Crippen MR) is 103 cm³/mol. The summed E-state index contributed by atoms with van der Waals surface area (Å²) < 4.78 is 10.7. The Balaban J connectivity index is 0.00000441. The van der Waals surface area contributed by atoms with Gasteiger partial charge in [0, 0.05) is 47.0 Å². The summed E-state index contributed by atoms with van der Waals surface area (Å²) in [4.78, 5) is 6.83. The quantitative estimate of drug-likeness (QED) is 0.225. The van der Waals surface area contributed by atoms with Gasteiger partial charge in [-0.2, -0.15) is 0 Å². The Kier molecular flexibility index (Phi) is 14.5. The van der Waals surface area contributed by atoms with Crippen LogP contribution in [0.5, 0.6) is 0 Å². The van der Waals surface area contributed by atoms with E-state index in [1.807, 2.05) is 0 Å². The van der Waals surface area contributed by atoms with Gasteiger partial charge in [0.25, 0.3) is 0 Å². The van der Waals surface area contributed by atoms with Crippen LogP contribution in [0, 0.1) is 5.92 Å². The van der Waals surface area contributed by atoms with Gasteiger partial charge in [0.05, 0.1) is 6.61 Å². The van der Waals surface area contributed by atoms with Crippen molar-refractivity contribution in [2.24, 2.45) is 10.9 Å². The van der Waals surface area contributed by atoms with Crippen molar-refractivity contribution in [3.05, 3.63) is 0 Å². The second-order valence-corrected chi connectivity index (χ2v) is 5.73. The second kappa shape index (κ2) is 14.5. The van der Waals surface area contributed by atoms with Crippen LogP contribution in [0.15, 0.2) is 4.99 Å². The lowest BCUT2D eigenvalue weighted by atomic mass is 10.2. The molecule has 1 aliphatic carbocycles. The molecule has 0 heterocycles. The smallest absolute Gasteiger partial charge is 0.193 e. The van der Waals surface area contributed by atoms with Gasteiger partial charge >= 0.3 is 0 Å². The molecule has 0 unspecified atom stereocenters. The summed E-state index contributed by atoms with van der Waals surface area (Å²) in [5.41, 5.74) is 0. The zero-order valence-electron chi connectivity index (χ0n) is 14.5. The molecule has 1 fully saturated rings. The maximum absolute atomic E-state index is 5.69. The summed E-state index contributed by atoms with van der Waals surface area (Å²) in [6.07, 6.45) is 6.11. The maximum Gasteiger partial charge on any atom is 0.193 e. The summed E-state index contributed by atoms with van der Waals surface area (Å²) in [6.45, 7) is 7.33. The highest BCUT2D eigenvalue weighted by molar-refractivity contribution is 14.0. The number of ether oxygens (including phenoxy) is 2. The number of hydrogen-bond donors (Lipinski definition) is 1. The number of nitrogens with zero attached hydrogens (tertiary/aromatic N) is 2. The van der Waals surface area contributed by atoms with Crippen LogP contribution in [0.4, 0.5) is 0 Å². The SMILES string of the molecule is CCNC(=NCCCCCOC)N(C)CCOCC1CC1.I. The summed E-state index contributed by atoms with van der Waals surface area (Å²) in [5, 5.41) is 3.34. The number of likely N-dealkylation sites (N-methyl/N-ethyl adjacent to an activating group) is 1. The molecule has 1 N–H and O–H groups in total. The topological polar surface area (TPSA) is 46.1 Å². The number of methoxy groups -OCH3 is 1. The molecule has 6 heteroatoms. The van der Waals surface area contributed by atoms with E-state index in [-0.39, 0.29) is 24.0 Å². The van der Waals surface area contributed by atoms with Crippen molar-refractivity contribution in [2.45, 2.75) is 39.0 Å². The summed E-state index contributed by atoms with van der Waals surface area (Å²) in [5.74, 6) is 1.82. The molecule has 1 rings (SSSR count). The molecule has 0 atom stereocenters. The maximum atomic E-state index is 5.69. The first-order chi connectivity index (χ1) is 10.3. The van der Waals surface area contributed by atoms with Crippen LogP contribution in [-0.2, 0) is 9.47 Å². The van der Waals surface area contributed by atoms with Crippen molar-refractivity contribution < 1.29 is 9.47 Å². The number of guanidine groups is 1. The fourth-order valence-corrected chi connectivity index (χ4v) is 2.03. The van der Waals surface area contributed by atoms with E-state index in [1.54, 1.807) is 7.11 Å². The van der Waals surface area contributed by atoms with Crippen molar-refractivity contribution in [3.8, 4) is 0 Å². The number of rotatable bonds is 12. The molecule has 132 valence electrons. The number of halogens is 1. The molecule has 0 bridgehead atoms. The van der Waals surface area contributed by atoms with Gasteiger partial charge < -0.3 is 19.7 Å². The molecule has 1 saturated carbocycles. The predicted octanol–water partition coefficient (Wildman–Crippen LogP) is 2.75. The fourth-order valence-electron chi connectivity index (χ4n) is 2.03. The molecule has 0 aromatic rings. The Morgan fingerprint density at radius 1 is 1.23 bits per heavy atom. The summed E-state index contributed by atoms with van der Waals surface area (Å²) in [6, 6.07) is 0. The highest BCUT2D eigenvalue weighted by Gasteiger charge is 2.21. The van der Waals surface area contributed by atoms with Crippen LogP contribution in [0.1, 0.15) is 39.0 Å². The van der Waals surface area contributed by atoms with E-state index in [0.717, 1.165) is 64.2 Å². The number of nitrogens with one attached hydrogen (secondary N) is 1. The largest absolute Gasteiger partial charge is 0.385 e. The van der Waals surface area contributed by atoms with Gasteiger partial charge in [-0.3, -0.25) is 4.99 Å². The third-order valence-corrected chi connectivity index (χ3v) is 3.59. The monoisotopic (exact) mass is 427 g/mol. The van der Waals surface area contributed by atoms with E-state index in [4.69, 9.17) is 9.47 Å². The van der Waals surface area contributed by atoms with Crippen LogP contribution < -0.4 is 5.32 Å². The van der Waals surface area contributed by atoms with E-state index in [2.05, 4.69) is 29.2 Å². The van der Waals surface area contributed by atoms with E-state index < -0.39 is 0 Å². The Hall–Kier alpha value is -0.0800. The first-order valence-electron chi connectivity index (χ1n) is 8.34. The van der Waals surface area contributed by atoms with Crippen LogP contribution in [0.25, 0.3) is 0 Å². The molecule has 0 radical (unpaired) electrons. The standard InChI is InChI=1S/C16H33N3O2.HI/c1-4-17-16(18-10-6-5-7-12-20-3)19(2)11-13-21-14-15-8-9-15;/h15H,4-14H2,1-3H3,(H,17,18);1H. The molecule has 0 amide bonds. The highest BCUT2D eigenvalue weighted by Crippen LogP contribution is 2.28. The van der Waals surface area contributed by atoms with Crippen molar-refractivity contribution in [2.75, 3.05) is 53.6 Å². The van der Waals surface area contributed by atoms with Crippen molar-refractivity contribution in [1.82, 2.24) is 10.2 Å². The molecule has 22 heavy (non-hydrogen) atoms. The molecular weight excluding hydrogens is 393 g/mol. The van der Waals surface area contributed by atoms with E-state index >= 15 is 0 Å².